The van der Waals surface area contributed by atoms with Gasteiger partial charge in [0.2, 0.25) is 0 Å². The Morgan fingerprint density at radius 1 is 0.957 bits per heavy atom. The Kier molecular flexibility index (Phi) is 3.86. The van der Waals surface area contributed by atoms with Crippen molar-refractivity contribution in [3.63, 3.8) is 0 Å². The predicted molar refractivity (Wildman–Crippen MR) is 87.6 cm³/mol. The smallest absolute Gasteiger partial charge is 0.413 e. The number of aliphatic hydroxyl groups is 1. The molecule has 2 aromatic carbocycles. The lowest BCUT2D eigenvalue weighted by atomic mass is 9.86. The highest BCUT2D eigenvalue weighted by molar-refractivity contribution is 5.72. The molecular formula is C19H21NO3. The van der Waals surface area contributed by atoms with Crippen molar-refractivity contribution in [2.75, 3.05) is 0 Å². The van der Waals surface area contributed by atoms with E-state index in [0.29, 0.717) is 13.0 Å². The van der Waals surface area contributed by atoms with Crippen LogP contribution in [0.5, 0.6) is 0 Å². The summed E-state index contributed by atoms with van der Waals surface area (Å²) in [6, 6.07) is 19.3. The molecule has 1 saturated heterocycles. The Morgan fingerprint density at radius 3 is 2.04 bits per heavy atom. The summed E-state index contributed by atoms with van der Waals surface area (Å²) in [5.74, 6) is 0. The minimum absolute atomic E-state index is 0.317. The highest BCUT2D eigenvalue weighted by Gasteiger charge is 2.59. The molecule has 0 saturated carbocycles. The van der Waals surface area contributed by atoms with Gasteiger partial charge in [0.05, 0.1) is 6.54 Å². The maximum absolute atomic E-state index is 12.3. The zero-order chi connectivity index (χ0) is 16.5. The van der Waals surface area contributed by atoms with E-state index >= 15 is 0 Å². The number of amides is 1. The van der Waals surface area contributed by atoms with Crippen LogP contribution in [-0.2, 0) is 17.7 Å². The summed E-state index contributed by atoms with van der Waals surface area (Å²) in [5, 5.41) is 11.0. The van der Waals surface area contributed by atoms with Crippen LogP contribution in [0.3, 0.4) is 0 Å². The van der Waals surface area contributed by atoms with Gasteiger partial charge in [0, 0.05) is 6.42 Å². The number of hydrogen-bond donors (Lipinski definition) is 1. The van der Waals surface area contributed by atoms with E-state index in [1.807, 2.05) is 60.7 Å². The Morgan fingerprint density at radius 2 is 1.48 bits per heavy atom. The number of nitrogens with zero attached hydrogens (tertiary/aromatic N) is 1. The molecule has 0 bridgehead atoms. The molecular weight excluding hydrogens is 290 g/mol. The van der Waals surface area contributed by atoms with Gasteiger partial charge < -0.3 is 9.84 Å². The van der Waals surface area contributed by atoms with Gasteiger partial charge in [-0.3, -0.25) is 4.90 Å². The van der Waals surface area contributed by atoms with E-state index in [-0.39, 0.29) is 0 Å². The first-order chi connectivity index (χ1) is 10.9. The molecule has 1 aliphatic heterocycles. The van der Waals surface area contributed by atoms with Crippen molar-refractivity contribution in [3.05, 3.63) is 71.8 Å². The van der Waals surface area contributed by atoms with Crippen LogP contribution in [0, 0.1) is 0 Å². The third-order valence-electron chi connectivity index (χ3n) is 4.63. The zero-order valence-corrected chi connectivity index (χ0v) is 13.4. The van der Waals surface area contributed by atoms with Crippen LogP contribution >= 0.6 is 0 Å². The molecule has 0 aromatic heterocycles. The standard InChI is InChI=1S/C19H21NO3/c1-18(13-15-9-5-3-6-10-15)19(2,22)20(17(21)23-18)14-16-11-7-4-8-12-16/h3-12,22H,13-14H2,1-2H3/t18-,19+/m1/s1. The number of ether oxygens (including phenoxy) is 1. The first-order valence-electron chi connectivity index (χ1n) is 7.73. The molecule has 3 rings (SSSR count). The fourth-order valence-electron chi connectivity index (χ4n) is 2.98. The van der Waals surface area contributed by atoms with Gasteiger partial charge in [-0.2, -0.15) is 0 Å². The fourth-order valence-corrected chi connectivity index (χ4v) is 2.98. The van der Waals surface area contributed by atoms with E-state index in [2.05, 4.69) is 0 Å². The number of carbonyl (C=O) groups excluding carboxylic acids is 1. The minimum atomic E-state index is -1.39. The summed E-state index contributed by atoms with van der Waals surface area (Å²) in [7, 11) is 0. The molecule has 1 N–H and O–H groups in total. The number of benzene rings is 2. The molecule has 2 aromatic rings. The van der Waals surface area contributed by atoms with Crippen molar-refractivity contribution >= 4 is 6.09 Å². The topological polar surface area (TPSA) is 49.8 Å². The highest BCUT2D eigenvalue weighted by atomic mass is 16.6. The summed E-state index contributed by atoms with van der Waals surface area (Å²) < 4.78 is 5.59. The van der Waals surface area contributed by atoms with Crippen molar-refractivity contribution in [1.82, 2.24) is 4.90 Å². The second-order valence-electron chi connectivity index (χ2n) is 6.35. The maximum atomic E-state index is 12.3. The Balaban J connectivity index is 1.85. The van der Waals surface area contributed by atoms with Crippen LogP contribution in [0.2, 0.25) is 0 Å². The van der Waals surface area contributed by atoms with Gasteiger partial charge in [-0.25, -0.2) is 4.79 Å². The van der Waals surface area contributed by atoms with E-state index in [9.17, 15) is 9.90 Å². The summed E-state index contributed by atoms with van der Waals surface area (Å²) in [6.07, 6.45) is -0.0324. The predicted octanol–water partition coefficient (Wildman–Crippen LogP) is 3.35. The van der Waals surface area contributed by atoms with Gasteiger partial charge in [-0.15, -0.1) is 0 Å². The van der Waals surface area contributed by atoms with Gasteiger partial charge >= 0.3 is 6.09 Å². The summed E-state index contributed by atoms with van der Waals surface area (Å²) in [6.45, 7) is 3.74. The first kappa shape index (κ1) is 15.6. The third kappa shape index (κ3) is 2.82. The van der Waals surface area contributed by atoms with Crippen molar-refractivity contribution in [1.29, 1.82) is 0 Å². The van der Waals surface area contributed by atoms with Crippen LogP contribution in [0.4, 0.5) is 4.79 Å². The number of hydrogen-bond acceptors (Lipinski definition) is 3. The van der Waals surface area contributed by atoms with Gasteiger partial charge in [0.1, 0.15) is 0 Å². The van der Waals surface area contributed by atoms with Crippen LogP contribution in [0.15, 0.2) is 60.7 Å². The lowest BCUT2D eigenvalue weighted by Gasteiger charge is -2.37. The van der Waals surface area contributed by atoms with Gasteiger partial charge in [-0.05, 0) is 25.0 Å². The van der Waals surface area contributed by atoms with Crippen LogP contribution in [0.1, 0.15) is 25.0 Å². The van der Waals surface area contributed by atoms with Gasteiger partial charge in [0.15, 0.2) is 11.3 Å². The first-order valence-corrected chi connectivity index (χ1v) is 7.73. The van der Waals surface area contributed by atoms with Gasteiger partial charge in [-0.1, -0.05) is 60.7 Å². The van der Waals surface area contributed by atoms with Crippen LogP contribution in [-0.4, -0.2) is 27.4 Å². The molecule has 1 amide bonds. The van der Waals surface area contributed by atoms with Crippen LogP contribution in [0.25, 0.3) is 0 Å². The second-order valence-corrected chi connectivity index (χ2v) is 6.35. The molecule has 120 valence electrons. The van der Waals surface area contributed by atoms with E-state index in [0.717, 1.165) is 11.1 Å². The second kappa shape index (κ2) is 5.70. The molecule has 2 atom stereocenters. The fraction of sp³-hybridized carbons (Fsp3) is 0.316. The third-order valence-corrected chi connectivity index (χ3v) is 4.63. The Labute approximate surface area is 136 Å². The summed E-state index contributed by atoms with van der Waals surface area (Å²) in [4.78, 5) is 13.7. The van der Waals surface area contributed by atoms with E-state index in [1.165, 1.54) is 4.90 Å². The maximum Gasteiger partial charge on any atom is 0.413 e. The number of cyclic esters (lactones) is 1. The average Bonchev–Trinajstić information content (AvgIpc) is 2.69. The molecule has 0 unspecified atom stereocenters. The summed E-state index contributed by atoms with van der Waals surface area (Å²) in [5.41, 5.74) is -0.422. The zero-order valence-electron chi connectivity index (χ0n) is 13.4. The molecule has 1 fully saturated rings. The van der Waals surface area contributed by atoms with E-state index in [1.54, 1.807) is 13.8 Å². The van der Waals surface area contributed by atoms with Gasteiger partial charge in [0.25, 0.3) is 0 Å². The quantitative estimate of drug-likeness (QED) is 0.942. The number of carbonyl (C=O) groups is 1. The van der Waals surface area contributed by atoms with Crippen molar-refractivity contribution in [3.8, 4) is 0 Å². The average molecular weight is 311 g/mol. The molecule has 4 heteroatoms. The molecule has 0 aliphatic carbocycles. The van der Waals surface area contributed by atoms with E-state index in [4.69, 9.17) is 4.74 Å². The Hall–Kier alpha value is -2.33. The molecule has 4 nitrogen and oxygen atoms in total. The van der Waals surface area contributed by atoms with Crippen molar-refractivity contribution in [2.45, 2.75) is 38.1 Å². The number of rotatable bonds is 4. The lowest BCUT2D eigenvalue weighted by molar-refractivity contribution is -0.137. The molecule has 1 aliphatic rings. The Bertz CT molecular complexity index is 684. The normalized spacial score (nSPS) is 27.1. The van der Waals surface area contributed by atoms with Crippen molar-refractivity contribution < 1.29 is 14.6 Å². The molecule has 1 heterocycles. The van der Waals surface area contributed by atoms with Crippen LogP contribution < -0.4 is 0 Å². The molecule has 0 radical (unpaired) electrons. The summed E-state index contributed by atoms with van der Waals surface area (Å²) >= 11 is 0. The monoisotopic (exact) mass is 311 g/mol. The highest BCUT2D eigenvalue weighted by Crippen LogP contribution is 2.40. The largest absolute Gasteiger partial charge is 0.438 e. The van der Waals surface area contributed by atoms with E-state index < -0.39 is 17.4 Å². The van der Waals surface area contributed by atoms with Crippen molar-refractivity contribution in [2.24, 2.45) is 0 Å². The SMILES string of the molecule is C[C@]1(Cc2ccccc2)OC(=O)N(Cc2ccccc2)[C@@]1(C)O. The molecule has 23 heavy (non-hydrogen) atoms. The molecule has 0 spiro atoms. The lowest BCUT2D eigenvalue weighted by Crippen LogP contribution is -2.55. The minimum Gasteiger partial charge on any atom is -0.438 e.